The predicted octanol–water partition coefficient (Wildman–Crippen LogP) is 3.62. The first-order chi connectivity index (χ1) is 13.3. The van der Waals surface area contributed by atoms with Gasteiger partial charge in [0.25, 0.3) is 5.91 Å². The van der Waals surface area contributed by atoms with E-state index < -0.39 is 6.10 Å². The van der Waals surface area contributed by atoms with Crippen molar-refractivity contribution in [2.75, 3.05) is 10.6 Å². The Hall–Kier alpha value is -3.48. The zero-order chi connectivity index (χ0) is 20.7. The monoisotopic (exact) mass is 381 g/mol. The highest BCUT2D eigenvalue weighted by Crippen LogP contribution is 2.13. The highest BCUT2D eigenvalue weighted by molar-refractivity contribution is 6.00. The molecule has 146 valence electrons. The van der Waals surface area contributed by atoms with Crippen LogP contribution in [-0.2, 0) is 14.4 Å². The summed E-state index contributed by atoms with van der Waals surface area (Å²) < 4.78 is 0. The van der Waals surface area contributed by atoms with Crippen LogP contribution >= 0.6 is 0 Å². The van der Waals surface area contributed by atoms with Crippen molar-refractivity contribution in [3.63, 3.8) is 0 Å². The van der Waals surface area contributed by atoms with Gasteiger partial charge in [-0.15, -0.1) is 0 Å². The standard InChI is InChI=1S/C21H23N3O4/c1-13(17-8-10-19(11-9-17)22-16(4)26)24-28-15(3)21(27)23-20-7-5-6-18(12-20)14(2)25/h5-12,15H,1-4H3,(H,22,26)(H,23,27)/b24-13+. The van der Waals surface area contributed by atoms with E-state index in [1.165, 1.54) is 13.8 Å². The molecular weight excluding hydrogens is 358 g/mol. The summed E-state index contributed by atoms with van der Waals surface area (Å²) in [5.74, 6) is -0.599. The molecule has 2 aromatic rings. The third-order valence-corrected chi connectivity index (χ3v) is 3.88. The Morgan fingerprint density at radius 1 is 0.893 bits per heavy atom. The molecule has 1 unspecified atom stereocenters. The summed E-state index contributed by atoms with van der Waals surface area (Å²) in [5.41, 5.74) is 3.11. The van der Waals surface area contributed by atoms with Crippen LogP contribution < -0.4 is 10.6 Å². The molecule has 0 saturated heterocycles. The lowest BCUT2D eigenvalue weighted by Crippen LogP contribution is -2.26. The van der Waals surface area contributed by atoms with Crippen molar-refractivity contribution in [3.8, 4) is 0 Å². The minimum Gasteiger partial charge on any atom is -0.382 e. The first kappa shape index (κ1) is 20.8. The third-order valence-electron chi connectivity index (χ3n) is 3.88. The van der Waals surface area contributed by atoms with Crippen LogP contribution in [0, 0.1) is 0 Å². The van der Waals surface area contributed by atoms with Crippen LogP contribution in [0.25, 0.3) is 0 Å². The van der Waals surface area contributed by atoms with Crippen LogP contribution in [0.4, 0.5) is 11.4 Å². The number of amides is 2. The molecule has 28 heavy (non-hydrogen) atoms. The van der Waals surface area contributed by atoms with Crippen molar-refractivity contribution in [2.24, 2.45) is 5.16 Å². The summed E-state index contributed by atoms with van der Waals surface area (Å²) in [4.78, 5) is 40.0. The minimum atomic E-state index is -0.824. The van der Waals surface area contributed by atoms with Crippen molar-refractivity contribution < 1.29 is 19.2 Å². The lowest BCUT2D eigenvalue weighted by atomic mass is 10.1. The van der Waals surface area contributed by atoms with Gasteiger partial charge in [0.15, 0.2) is 5.78 Å². The van der Waals surface area contributed by atoms with E-state index in [-0.39, 0.29) is 17.6 Å². The van der Waals surface area contributed by atoms with E-state index in [1.54, 1.807) is 62.4 Å². The molecule has 0 aliphatic rings. The Bertz CT molecular complexity index is 904. The molecule has 0 aliphatic carbocycles. The molecule has 2 N–H and O–H groups in total. The molecule has 0 bridgehead atoms. The summed E-state index contributed by atoms with van der Waals surface area (Å²) in [6.45, 7) is 6.25. The number of hydrogen-bond donors (Lipinski definition) is 2. The maximum absolute atomic E-state index is 12.3. The first-order valence-corrected chi connectivity index (χ1v) is 8.76. The van der Waals surface area contributed by atoms with Crippen LogP contribution in [0.3, 0.4) is 0 Å². The van der Waals surface area contributed by atoms with E-state index in [4.69, 9.17) is 4.84 Å². The number of benzene rings is 2. The molecule has 2 aromatic carbocycles. The largest absolute Gasteiger partial charge is 0.382 e. The quantitative estimate of drug-likeness (QED) is 0.435. The minimum absolute atomic E-state index is 0.0786. The molecule has 0 radical (unpaired) electrons. The Kier molecular flexibility index (Phi) is 7.03. The number of anilines is 2. The molecule has 2 rings (SSSR count). The van der Waals surface area contributed by atoms with Crippen molar-refractivity contribution >= 4 is 34.7 Å². The summed E-state index contributed by atoms with van der Waals surface area (Å²) in [5, 5.41) is 9.39. The van der Waals surface area contributed by atoms with Gasteiger partial charge in [-0.3, -0.25) is 14.4 Å². The Morgan fingerprint density at radius 2 is 1.57 bits per heavy atom. The number of nitrogens with zero attached hydrogens (tertiary/aromatic N) is 1. The Morgan fingerprint density at radius 3 is 2.18 bits per heavy atom. The summed E-state index contributed by atoms with van der Waals surface area (Å²) in [7, 11) is 0. The van der Waals surface area contributed by atoms with E-state index in [1.807, 2.05) is 0 Å². The van der Waals surface area contributed by atoms with Crippen LogP contribution in [0.15, 0.2) is 53.7 Å². The van der Waals surface area contributed by atoms with Gasteiger partial charge in [-0.05, 0) is 50.6 Å². The van der Waals surface area contributed by atoms with E-state index in [0.29, 0.717) is 22.6 Å². The number of oxime groups is 1. The van der Waals surface area contributed by atoms with E-state index in [2.05, 4.69) is 15.8 Å². The average molecular weight is 381 g/mol. The van der Waals surface area contributed by atoms with Gasteiger partial charge in [-0.25, -0.2) is 0 Å². The topological polar surface area (TPSA) is 96.9 Å². The zero-order valence-electron chi connectivity index (χ0n) is 16.3. The van der Waals surface area contributed by atoms with Crippen molar-refractivity contribution in [1.29, 1.82) is 0 Å². The maximum atomic E-state index is 12.3. The van der Waals surface area contributed by atoms with Crippen molar-refractivity contribution in [2.45, 2.75) is 33.8 Å². The second-order valence-corrected chi connectivity index (χ2v) is 6.31. The molecule has 0 aromatic heterocycles. The highest BCUT2D eigenvalue weighted by atomic mass is 16.6. The van der Waals surface area contributed by atoms with Gasteiger partial charge in [-0.1, -0.05) is 29.4 Å². The molecule has 0 heterocycles. The van der Waals surface area contributed by atoms with Crippen molar-refractivity contribution in [3.05, 3.63) is 59.7 Å². The summed E-state index contributed by atoms with van der Waals surface area (Å²) in [6.07, 6.45) is -0.824. The van der Waals surface area contributed by atoms with Gasteiger partial charge in [0.1, 0.15) is 0 Å². The number of carbonyl (C=O) groups excluding carboxylic acids is 3. The van der Waals surface area contributed by atoms with Crippen LogP contribution in [-0.4, -0.2) is 29.4 Å². The van der Waals surface area contributed by atoms with Gasteiger partial charge in [0, 0.05) is 23.9 Å². The normalized spacial score (nSPS) is 12.1. The first-order valence-electron chi connectivity index (χ1n) is 8.76. The van der Waals surface area contributed by atoms with Gasteiger partial charge in [0.2, 0.25) is 12.0 Å². The summed E-state index contributed by atoms with van der Waals surface area (Å²) >= 11 is 0. The smallest absolute Gasteiger partial charge is 0.267 e. The second kappa shape index (κ2) is 9.45. The molecule has 7 heteroatoms. The zero-order valence-corrected chi connectivity index (χ0v) is 16.3. The van der Waals surface area contributed by atoms with Crippen LogP contribution in [0.2, 0.25) is 0 Å². The highest BCUT2D eigenvalue weighted by Gasteiger charge is 2.15. The fourth-order valence-electron chi connectivity index (χ4n) is 2.32. The number of rotatable bonds is 7. The number of hydrogen-bond acceptors (Lipinski definition) is 5. The maximum Gasteiger partial charge on any atom is 0.267 e. The molecular formula is C21H23N3O4. The van der Waals surface area contributed by atoms with Gasteiger partial charge in [-0.2, -0.15) is 0 Å². The Labute approximate surface area is 163 Å². The molecule has 0 aliphatic heterocycles. The molecule has 0 spiro atoms. The Balaban J connectivity index is 1.96. The SMILES string of the molecule is CC(=O)Nc1ccc(/C(C)=N/OC(C)C(=O)Nc2cccc(C(C)=O)c2)cc1. The third kappa shape index (κ3) is 6.05. The fourth-order valence-corrected chi connectivity index (χ4v) is 2.32. The number of Topliss-reactive ketones (excluding diaryl/α,β-unsaturated/α-hetero) is 1. The van der Waals surface area contributed by atoms with Gasteiger partial charge >= 0.3 is 0 Å². The molecule has 0 saturated carbocycles. The molecule has 0 fully saturated rings. The van der Waals surface area contributed by atoms with Crippen LogP contribution in [0.5, 0.6) is 0 Å². The number of ketones is 1. The lowest BCUT2D eigenvalue weighted by molar-refractivity contribution is -0.126. The number of carbonyl (C=O) groups is 3. The molecule has 7 nitrogen and oxygen atoms in total. The predicted molar refractivity (Wildman–Crippen MR) is 109 cm³/mol. The molecule has 1 atom stereocenters. The van der Waals surface area contributed by atoms with E-state index >= 15 is 0 Å². The second-order valence-electron chi connectivity index (χ2n) is 6.31. The number of nitrogens with one attached hydrogen (secondary N) is 2. The average Bonchev–Trinajstić information content (AvgIpc) is 2.66. The van der Waals surface area contributed by atoms with Gasteiger partial charge in [0.05, 0.1) is 5.71 Å². The fraction of sp³-hybridized carbons (Fsp3) is 0.238. The lowest BCUT2D eigenvalue weighted by Gasteiger charge is -2.12. The molecule has 2 amide bonds. The van der Waals surface area contributed by atoms with Gasteiger partial charge < -0.3 is 15.5 Å². The van der Waals surface area contributed by atoms with Crippen molar-refractivity contribution in [1.82, 2.24) is 0 Å². The van der Waals surface area contributed by atoms with Crippen LogP contribution in [0.1, 0.15) is 43.6 Å². The van der Waals surface area contributed by atoms with E-state index in [9.17, 15) is 14.4 Å². The van der Waals surface area contributed by atoms with E-state index in [0.717, 1.165) is 5.56 Å². The summed E-state index contributed by atoms with van der Waals surface area (Å²) in [6, 6.07) is 13.8.